The van der Waals surface area contributed by atoms with Crippen LogP contribution in [0.3, 0.4) is 0 Å². The molecule has 2 fully saturated rings. The molecule has 2 atom stereocenters. The van der Waals surface area contributed by atoms with Crippen molar-refractivity contribution in [1.82, 2.24) is 9.80 Å². The van der Waals surface area contributed by atoms with Crippen LogP contribution >= 0.6 is 46.4 Å². The normalized spacial score (nSPS) is 32.4. The predicted molar refractivity (Wildman–Crippen MR) is 106 cm³/mol. The highest BCUT2D eigenvalue weighted by molar-refractivity contribution is 8.72. The first kappa shape index (κ1) is 18.7. The van der Waals surface area contributed by atoms with E-state index in [0.717, 1.165) is 70.4 Å². The van der Waals surface area contributed by atoms with Crippen LogP contribution in [0.4, 0.5) is 0 Å². The molecule has 4 nitrogen and oxygen atoms in total. The van der Waals surface area contributed by atoms with Crippen molar-refractivity contribution in [2.24, 2.45) is 0 Å². The Hall–Kier alpha value is 0.400. The van der Waals surface area contributed by atoms with Crippen molar-refractivity contribution in [3.8, 4) is 0 Å². The molecule has 2 unspecified atom stereocenters. The van der Waals surface area contributed by atoms with Gasteiger partial charge in [0.05, 0.1) is 26.2 Å². The summed E-state index contributed by atoms with van der Waals surface area (Å²) in [5.41, 5.74) is 0. The van der Waals surface area contributed by atoms with Gasteiger partial charge in [0.15, 0.2) is 0 Å². The van der Waals surface area contributed by atoms with Gasteiger partial charge in [-0.15, -0.1) is 0 Å². The largest absolute Gasteiger partial charge is 0.312 e. The van der Waals surface area contributed by atoms with E-state index in [-0.39, 0.29) is 0 Å². The molecule has 0 aromatic carbocycles. The summed E-state index contributed by atoms with van der Waals surface area (Å²) in [5.74, 6) is 0. The van der Waals surface area contributed by atoms with Gasteiger partial charge in [0.25, 0.3) is 10.2 Å². The van der Waals surface area contributed by atoms with Crippen LogP contribution in [0.1, 0.15) is 27.7 Å². The third-order valence-electron chi connectivity index (χ3n) is 4.80. The highest BCUT2D eigenvalue weighted by Gasteiger charge is 2.50. The quantitative estimate of drug-likeness (QED) is 0.288. The Morgan fingerprint density at radius 2 is 1.18 bits per heavy atom. The number of likely N-dealkylation sites (N-methyl/N-ethyl adjacent to an activating group) is 4. The molecule has 0 spiro atoms. The van der Waals surface area contributed by atoms with Crippen molar-refractivity contribution in [2.75, 3.05) is 52.4 Å². The molecule has 0 aromatic rings. The highest BCUT2D eigenvalue weighted by atomic mass is 33.1. The Morgan fingerprint density at radius 1 is 0.818 bits per heavy atom. The minimum absolute atomic E-state index is 0.864. The summed E-state index contributed by atoms with van der Waals surface area (Å²) < 4.78 is 1.73. The van der Waals surface area contributed by atoms with E-state index in [2.05, 4.69) is 37.5 Å². The van der Waals surface area contributed by atoms with Gasteiger partial charge in [-0.3, -0.25) is 0 Å². The van der Waals surface area contributed by atoms with Gasteiger partial charge in [0, 0.05) is 37.5 Å². The van der Waals surface area contributed by atoms with Crippen LogP contribution in [-0.2, 0) is 0 Å². The van der Waals surface area contributed by atoms with Crippen LogP contribution in [-0.4, -0.2) is 80.2 Å². The van der Waals surface area contributed by atoms with Gasteiger partial charge in [-0.1, -0.05) is 0 Å². The Bertz CT molecular complexity index is 407. The smallest absolute Gasteiger partial charge is 0.285 e. The number of hydrogen-bond acceptors (Lipinski definition) is 4. The fraction of sp³-hybridized carbons (Fsp3) is 0.857. The molecule has 0 amide bonds. The maximum absolute atomic E-state index is 5.77. The van der Waals surface area contributed by atoms with Gasteiger partial charge in [-0.2, -0.15) is 7.78 Å². The summed E-state index contributed by atoms with van der Waals surface area (Å²) >= 11 is 11.5. The summed E-state index contributed by atoms with van der Waals surface area (Å²) in [4.78, 5) is 4.67. The minimum Gasteiger partial charge on any atom is -0.312 e. The van der Waals surface area contributed by atoms with E-state index in [9.17, 15) is 0 Å². The molecule has 2 aliphatic rings. The summed E-state index contributed by atoms with van der Waals surface area (Å²) in [5, 5.41) is 2.18. The molecular formula is C14H28N4S4+2. The number of quaternary nitrogens is 2. The topological polar surface area (TPSA) is 6.48 Å². The predicted octanol–water partition coefficient (Wildman–Crippen LogP) is 3.11. The zero-order valence-corrected chi connectivity index (χ0v) is 17.3. The lowest BCUT2D eigenvalue weighted by atomic mass is 10.5. The first-order valence-electron chi connectivity index (χ1n) is 8.19. The molecule has 0 aliphatic carbocycles. The van der Waals surface area contributed by atoms with Gasteiger partial charge in [-0.25, -0.2) is 0 Å². The fourth-order valence-electron chi connectivity index (χ4n) is 3.01. The molecule has 2 rings (SSSR count). The van der Waals surface area contributed by atoms with Gasteiger partial charge < -0.3 is 9.80 Å². The number of thiocarbonyl (C=S) groups is 2. The van der Waals surface area contributed by atoms with Gasteiger partial charge in [0.2, 0.25) is 22.0 Å². The van der Waals surface area contributed by atoms with E-state index in [0.29, 0.717) is 0 Å². The third-order valence-corrected chi connectivity index (χ3v) is 10.0. The average Bonchev–Trinajstić information content (AvgIpc) is 3.04. The lowest BCUT2D eigenvalue weighted by Crippen LogP contribution is -2.48. The summed E-state index contributed by atoms with van der Waals surface area (Å²) in [6, 6.07) is 0. The fourth-order valence-corrected chi connectivity index (χ4v) is 7.80. The molecule has 2 heterocycles. The second kappa shape index (κ2) is 7.53. The summed E-state index contributed by atoms with van der Waals surface area (Å²) in [6.45, 7) is 17.4. The first-order chi connectivity index (χ1) is 10.5. The molecular weight excluding hydrogens is 352 g/mol. The van der Waals surface area contributed by atoms with Crippen molar-refractivity contribution >= 4 is 56.6 Å². The molecule has 8 heteroatoms. The maximum atomic E-state index is 5.77. The molecule has 22 heavy (non-hydrogen) atoms. The Balaban J connectivity index is 2.10. The molecule has 0 aromatic heterocycles. The maximum Gasteiger partial charge on any atom is 0.285 e. The van der Waals surface area contributed by atoms with Gasteiger partial charge in [-0.05, 0) is 27.7 Å². The van der Waals surface area contributed by atoms with E-state index < -0.39 is 0 Å². The lowest BCUT2D eigenvalue weighted by Gasteiger charge is -2.33. The van der Waals surface area contributed by atoms with Crippen LogP contribution in [0.25, 0.3) is 0 Å². The zero-order chi connectivity index (χ0) is 16.4. The SMILES string of the molecule is CCN1CC[N+](CC)(SS[N+]2(CC)CCN(CC)C2=S)C1=S. The monoisotopic (exact) mass is 380 g/mol. The molecule has 0 bridgehead atoms. The van der Waals surface area contributed by atoms with Crippen molar-refractivity contribution in [1.29, 1.82) is 0 Å². The third kappa shape index (κ3) is 3.15. The van der Waals surface area contributed by atoms with Crippen molar-refractivity contribution in [2.45, 2.75) is 27.7 Å². The Morgan fingerprint density at radius 3 is 1.41 bits per heavy atom. The highest BCUT2D eigenvalue weighted by Crippen LogP contribution is 2.46. The molecule has 126 valence electrons. The molecule has 2 aliphatic heterocycles. The van der Waals surface area contributed by atoms with E-state index >= 15 is 0 Å². The van der Waals surface area contributed by atoms with Crippen LogP contribution in [0.2, 0.25) is 0 Å². The van der Waals surface area contributed by atoms with Crippen LogP contribution in [0.15, 0.2) is 0 Å². The van der Waals surface area contributed by atoms with Crippen LogP contribution in [0, 0.1) is 0 Å². The second-order valence-corrected chi connectivity index (χ2v) is 9.05. The standard InChI is InChI=1S/C14H28N4S4/c1-5-15-9-11-17(7-3,13(15)19)21-22-18(8-4)12-10-16(6-2)14(18)20/h5-12H2,1-4H3/q+2. The van der Waals surface area contributed by atoms with E-state index in [1.54, 1.807) is 0 Å². The number of nitrogens with zero attached hydrogens (tertiary/aromatic N) is 4. The number of hydrogen-bond donors (Lipinski definition) is 0. The van der Waals surface area contributed by atoms with Crippen LogP contribution < -0.4 is 0 Å². The van der Waals surface area contributed by atoms with E-state index in [1.807, 2.05) is 22.0 Å². The first-order valence-corrected chi connectivity index (χ1v) is 11.1. The van der Waals surface area contributed by atoms with Gasteiger partial charge in [0.1, 0.15) is 13.1 Å². The second-order valence-electron chi connectivity index (χ2n) is 5.73. The van der Waals surface area contributed by atoms with Gasteiger partial charge >= 0.3 is 0 Å². The Kier molecular flexibility index (Phi) is 6.41. The minimum atomic E-state index is 0.864. The molecule has 0 saturated carbocycles. The summed E-state index contributed by atoms with van der Waals surface area (Å²) in [7, 11) is 3.85. The van der Waals surface area contributed by atoms with Crippen molar-refractivity contribution < 1.29 is 7.78 Å². The van der Waals surface area contributed by atoms with E-state index in [1.165, 1.54) is 0 Å². The van der Waals surface area contributed by atoms with Crippen LogP contribution in [0.5, 0.6) is 0 Å². The average molecular weight is 381 g/mol. The van der Waals surface area contributed by atoms with Crippen molar-refractivity contribution in [3.05, 3.63) is 0 Å². The van der Waals surface area contributed by atoms with E-state index in [4.69, 9.17) is 24.4 Å². The summed E-state index contributed by atoms with van der Waals surface area (Å²) in [6.07, 6.45) is 0. The molecule has 0 radical (unpaired) electrons. The molecule has 2 saturated heterocycles. The number of rotatable bonds is 7. The van der Waals surface area contributed by atoms with Crippen molar-refractivity contribution in [3.63, 3.8) is 0 Å². The Labute approximate surface area is 154 Å². The molecule has 0 N–H and O–H groups in total. The lowest BCUT2D eigenvalue weighted by molar-refractivity contribution is -0.694. The zero-order valence-electron chi connectivity index (χ0n) is 14.1.